The van der Waals surface area contributed by atoms with Crippen LogP contribution in [0.5, 0.6) is 0 Å². The number of likely N-dealkylation sites (tertiary alicyclic amines) is 1. The summed E-state index contributed by atoms with van der Waals surface area (Å²) in [5, 5.41) is 0. The van der Waals surface area contributed by atoms with Crippen LogP contribution < -0.4 is 0 Å². The van der Waals surface area contributed by atoms with Gasteiger partial charge in [-0.25, -0.2) is 0 Å². The Kier molecular flexibility index (Phi) is 5.13. The maximum atomic E-state index is 12.3. The molecule has 1 heterocycles. The molecule has 4 heteroatoms. The van der Waals surface area contributed by atoms with Gasteiger partial charge in [0.2, 0.25) is 0 Å². The van der Waals surface area contributed by atoms with Crippen LogP contribution in [0.15, 0.2) is 0 Å². The van der Waals surface area contributed by atoms with Gasteiger partial charge >= 0.3 is 5.97 Å². The molecule has 0 N–H and O–H groups in total. The molecule has 1 aliphatic heterocycles. The van der Waals surface area contributed by atoms with Gasteiger partial charge in [-0.15, -0.1) is 0 Å². The lowest BCUT2D eigenvalue weighted by molar-refractivity contribution is -0.158. The molecule has 0 spiro atoms. The Labute approximate surface area is 116 Å². The summed E-state index contributed by atoms with van der Waals surface area (Å²) in [5.41, 5.74) is -0.667. The van der Waals surface area contributed by atoms with Crippen molar-refractivity contribution >= 4 is 11.8 Å². The number of carbonyl (C=O) groups is 2. The number of ether oxygens (including phenoxy) is 1. The number of piperidine rings is 1. The van der Waals surface area contributed by atoms with Crippen molar-refractivity contribution in [2.45, 2.75) is 47.5 Å². The first kappa shape index (κ1) is 16.2. The molecule has 0 aromatic heterocycles. The summed E-state index contributed by atoms with van der Waals surface area (Å²) < 4.78 is 4.97. The SMILES string of the molecule is CCOC(=O)C(C)(C)C(=O)CN1CCC(C)(C)CC1. The van der Waals surface area contributed by atoms with Crippen LogP contribution in [-0.4, -0.2) is 42.9 Å². The Bertz CT molecular complexity index is 337. The molecule has 1 aliphatic rings. The molecule has 0 bridgehead atoms. The fraction of sp³-hybridized carbons (Fsp3) is 0.867. The molecule has 0 aliphatic carbocycles. The number of hydrogen-bond acceptors (Lipinski definition) is 4. The van der Waals surface area contributed by atoms with Gasteiger partial charge in [0, 0.05) is 0 Å². The van der Waals surface area contributed by atoms with E-state index in [2.05, 4.69) is 18.7 Å². The number of rotatable bonds is 5. The predicted octanol–water partition coefficient (Wildman–Crippen LogP) is 2.27. The van der Waals surface area contributed by atoms with E-state index in [4.69, 9.17) is 4.74 Å². The van der Waals surface area contributed by atoms with E-state index >= 15 is 0 Å². The largest absolute Gasteiger partial charge is 0.465 e. The predicted molar refractivity (Wildman–Crippen MR) is 74.9 cm³/mol. The zero-order chi connectivity index (χ0) is 14.7. The number of Topliss-reactive ketones (excluding diaryl/α,β-unsaturated/α-hetero) is 1. The number of hydrogen-bond donors (Lipinski definition) is 0. The van der Waals surface area contributed by atoms with E-state index in [1.165, 1.54) is 0 Å². The Balaban J connectivity index is 2.53. The van der Waals surface area contributed by atoms with E-state index in [1.807, 2.05) is 0 Å². The van der Waals surface area contributed by atoms with Crippen LogP contribution in [0.3, 0.4) is 0 Å². The third-order valence-corrected chi connectivity index (χ3v) is 4.06. The Morgan fingerprint density at radius 1 is 1.21 bits per heavy atom. The minimum Gasteiger partial charge on any atom is -0.465 e. The Hall–Kier alpha value is -0.900. The standard InChI is InChI=1S/C15H27NO3/c1-6-19-13(18)15(4,5)12(17)11-16-9-7-14(2,3)8-10-16/h6-11H2,1-5H3. The highest BCUT2D eigenvalue weighted by molar-refractivity contribution is 6.03. The van der Waals surface area contributed by atoms with Gasteiger partial charge in [0.1, 0.15) is 5.41 Å². The van der Waals surface area contributed by atoms with Gasteiger partial charge in [-0.1, -0.05) is 13.8 Å². The van der Waals surface area contributed by atoms with Gasteiger partial charge in [-0.3, -0.25) is 14.5 Å². The smallest absolute Gasteiger partial charge is 0.319 e. The van der Waals surface area contributed by atoms with Gasteiger partial charge in [0.25, 0.3) is 0 Å². The fourth-order valence-electron chi connectivity index (χ4n) is 2.14. The highest BCUT2D eigenvalue weighted by Gasteiger charge is 2.38. The van der Waals surface area contributed by atoms with E-state index in [-0.39, 0.29) is 5.78 Å². The van der Waals surface area contributed by atoms with Crippen molar-refractivity contribution in [2.75, 3.05) is 26.2 Å². The second kappa shape index (κ2) is 6.04. The van der Waals surface area contributed by atoms with Crippen LogP contribution in [0.25, 0.3) is 0 Å². The molecule has 4 nitrogen and oxygen atoms in total. The zero-order valence-electron chi connectivity index (χ0n) is 12.9. The minimum absolute atomic E-state index is 0.0503. The molecule has 0 radical (unpaired) electrons. The lowest BCUT2D eigenvalue weighted by Gasteiger charge is -2.37. The summed E-state index contributed by atoms with van der Waals surface area (Å²) in [4.78, 5) is 26.2. The van der Waals surface area contributed by atoms with Crippen molar-refractivity contribution < 1.29 is 14.3 Å². The zero-order valence-corrected chi connectivity index (χ0v) is 12.9. The van der Waals surface area contributed by atoms with Gasteiger partial charge in [0.15, 0.2) is 5.78 Å². The van der Waals surface area contributed by atoms with Crippen LogP contribution >= 0.6 is 0 Å². The van der Waals surface area contributed by atoms with Crippen LogP contribution in [0, 0.1) is 10.8 Å². The molecule has 0 atom stereocenters. The van der Waals surface area contributed by atoms with Crippen molar-refractivity contribution in [3.8, 4) is 0 Å². The summed E-state index contributed by atoms with van der Waals surface area (Å²) >= 11 is 0. The van der Waals surface area contributed by atoms with Crippen molar-refractivity contribution in [1.29, 1.82) is 0 Å². The van der Waals surface area contributed by atoms with E-state index in [0.717, 1.165) is 25.9 Å². The molecular weight excluding hydrogens is 242 g/mol. The van der Waals surface area contributed by atoms with Crippen molar-refractivity contribution in [3.05, 3.63) is 0 Å². The highest BCUT2D eigenvalue weighted by atomic mass is 16.5. The Morgan fingerprint density at radius 3 is 2.21 bits per heavy atom. The van der Waals surface area contributed by atoms with Crippen molar-refractivity contribution in [1.82, 2.24) is 4.90 Å². The molecule has 0 saturated carbocycles. The fourth-order valence-corrected chi connectivity index (χ4v) is 2.14. The van der Waals surface area contributed by atoms with Crippen LogP contribution in [0.2, 0.25) is 0 Å². The van der Waals surface area contributed by atoms with Gasteiger partial charge in [0.05, 0.1) is 13.2 Å². The van der Waals surface area contributed by atoms with Gasteiger partial charge in [-0.05, 0) is 52.1 Å². The molecule has 1 saturated heterocycles. The normalized spacial score (nSPS) is 20.1. The topological polar surface area (TPSA) is 46.6 Å². The third kappa shape index (κ3) is 4.30. The summed E-state index contributed by atoms with van der Waals surface area (Å²) in [6.45, 7) is 12.1. The lowest BCUT2D eigenvalue weighted by atomic mass is 9.82. The van der Waals surface area contributed by atoms with Crippen LogP contribution in [0.4, 0.5) is 0 Å². The molecular formula is C15H27NO3. The van der Waals surface area contributed by atoms with E-state index < -0.39 is 11.4 Å². The highest BCUT2D eigenvalue weighted by Crippen LogP contribution is 2.30. The van der Waals surface area contributed by atoms with E-state index in [0.29, 0.717) is 18.6 Å². The molecule has 1 fully saturated rings. The minimum atomic E-state index is -1.04. The van der Waals surface area contributed by atoms with Gasteiger partial charge in [-0.2, -0.15) is 0 Å². The average Bonchev–Trinajstić information content (AvgIpc) is 2.32. The van der Waals surface area contributed by atoms with Gasteiger partial charge < -0.3 is 4.74 Å². The van der Waals surface area contributed by atoms with Crippen molar-refractivity contribution in [3.63, 3.8) is 0 Å². The number of carbonyl (C=O) groups excluding carboxylic acids is 2. The first-order chi connectivity index (χ1) is 8.69. The molecule has 19 heavy (non-hydrogen) atoms. The molecule has 1 rings (SSSR count). The maximum Gasteiger partial charge on any atom is 0.319 e. The first-order valence-corrected chi connectivity index (χ1v) is 7.12. The summed E-state index contributed by atoms with van der Waals surface area (Å²) in [6.07, 6.45) is 2.19. The maximum absolute atomic E-state index is 12.3. The second-order valence-corrected chi connectivity index (χ2v) is 6.71. The van der Waals surface area contributed by atoms with Crippen LogP contribution in [-0.2, 0) is 14.3 Å². The summed E-state index contributed by atoms with van der Waals surface area (Å²) in [7, 11) is 0. The summed E-state index contributed by atoms with van der Waals surface area (Å²) in [6, 6.07) is 0. The number of ketones is 1. The molecule has 0 unspecified atom stereocenters. The number of esters is 1. The van der Waals surface area contributed by atoms with Crippen molar-refractivity contribution in [2.24, 2.45) is 10.8 Å². The first-order valence-electron chi connectivity index (χ1n) is 7.12. The molecule has 110 valence electrons. The average molecular weight is 269 g/mol. The van der Waals surface area contributed by atoms with Crippen LogP contribution in [0.1, 0.15) is 47.5 Å². The van der Waals surface area contributed by atoms with E-state index in [9.17, 15) is 9.59 Å². The quantitative estimate of drug-likeness (QED) is 0.567. The monoisotopic (exact) mass is 269 g/mol. The molecule has 0 aromatic rings. The molecule has 0 aromatic carbocycles. The van der Waals surface area contributed by atoms with E-state index in [1.54, 1.807) is 20.8 Å². The lowest BCUT2D eigenvalue weighted by Crippen LogP contribution is -2.45. The Morgan fingerprint density at radius 2 is 1.74 bits per heavy atom. The second-order valence-electron chi connectivity index (χ2n) is 6.71. The third-order valence-electron chi connectivity index (χ3n) is 4.06. The number of nitrogens with zero attached hydrogens (tertiary/aromatic N) is 1. The molecule has 0 amide bonds. The summed E-state index contributed by atoms with van der Waals surface area (Å²) in [5.74, 6) is -0.469.